The molecule has 3 rings (SSSR count). The van der Waals surface area contributed by atoms with Gasteiger partial charge in [-0.2, -0.15) is 0 Å². The fourth-order valence-corrected chi connectivity index (χ4v) is 4.62. The zero-order chi connectivity index (χ0) is 19.0. The first kappa shape index (κ1) is 23.8. The molecule has 1 heterocycles. The molecule has 3 N–H and O–H groups in total. The van der Waals surface area contributed by atoms with E-state index in [9.17, 15) is 5.11 Å². The third kappa shape index (κ3) is 8.08. The Balaban J connectivity index is 0.00000280. The average molecular weight is 519 g/mol. The standard InChI is InChI=1S/C21H34N4OS.HI/c1-2-22-20(23-13-6-14-25-15-9-18(26)10-16-25)24-17-21(11-12-21)27-19-7-4-3-5-8-19;/h3-5,7-8,18,26H,2,6,9-17H2,1H3,(H2,22,23,24);1H. The van der Waals surface area contributed by atoms with Crippen LogP contribution in [0.5, 0.6) is 0 Å². The topological polar surface area (TPSA) is 59.9 Å². The predicted molar refractivity (Wildman–Crippen MR) is 130 cm³/mol. The molecule has 0 bridgehead atoms. The van der Waals surface area contributed by atoms with Crippen LogP contribution < -0.4 is 10.6 Å². The van der Waals surface area contributed by atoms with Crippen molar-refractivity contribution in [1.82, 2.24) is 15.5 Å². The number of thioether (sulfide) groups is 1. The summed E-state index contributed by atoms with van der Waals surface area (Å²) in [5.74, 6) is 0.937. The van der Waals surface area contributed by atoms with Crippen molar-refractivity contribution in [1.29, 1.82) is 0 Å². The Bertz CT molecular complexity index is 589. The lowest BCUT2D eigenvalue weighted by Gasteiger charge is -2.29. The van der Waals surface area contributed by atoms with E-state index in [0.29, 0.717) is 4.75 Å². The van der Waals surface area contributed by atoms with Gasteiger partial charge in [-0.1, -0.05) is 18.2 Å². The van der Waals surface area contributed by atoms with Crippen molar-refractivity contribution in [2.24, 2.45) is 4.99 Å². The van der Waals surface area contributed by atoms with Crippen molar-refractivity contribution in [3.8, 4) is 0 Å². The van der Waals surface area contributed by atoms with Crippen LogP contribution in [-0.2, 0) is 0 Å². The van der Waals surface area contributed by atoms with Gasteiger partial charge in [0, 0.05) is 35.8 Å². The van der Waals surface area contributed by atoms with Crippen LogP contribution in [0.25, 0.3) is 0 Å². The number of piperidine rings is 1. The van der Waals surface area contributed by atoms with Gasteiger partial charge in [0.25, 0.3) is 0 Å². The Morgan fingerprint density at radius 3 is 2.57 bits per heavy atom. The van der Waals surface area contributed by atoms with E-state index >= 15 is 0 Å². The van der Waals surface area contributed by atoms with Gasteiger partial charge in [-0.25, -0.2) is 0 Å². The molecule has 0 unspecified atom stereocenters. The molecular weight excluding hydrogens is 483 g/mol. The zero-order valence-corrected chi connectivity index (χ0v) is 20.0. The highest BCUT2D eigenvalue weighted by molar-refractivity contribution is 14.0. The number of halogens is 1. The van der Waals surface area contributed by atoms with Gasteiger partial charge in [0.15, 0.2) is 5.96 Å². The lowest BCUT2D eigenvalue weighted by atomic mass is 10.1. The highest BCUT2D eigenvalue weighted by Crippen LogP contribution is 2.51. The van der Waals surface area contributed by atoms with Crippen molar-refractivity contribution in [3.63, 3.8) is 0 Å². The van der Waals surface area contributed by atoms with E-state index < -0.39 is 0 Å². The summed E-state index contributed by atoms with van der Waals surface area (Å²) in [6, 6.07) is 10.7. The van der Waals surface area contributed by atoms with Crippen LogP contribution in [0.1, 0.15) is 39.0 Å². The smallest absolute Gasteiger partial charge is 0.191 e. The first-order chi connectivity index (χ1) is 13.2. The van der Waals surface area contributed by atoms with Gasteiger partial charge in [-0.3, -0.25) is 4.99 Å². The van der Waals surface area contributed by atoms with Crippen molar-refractivity contribution in [2.75, 3.05) is 39.3 Å². The number of likely N-dealkylation sites (tertiary alicyclic amines) is 1. The van der Waals surface area contributed by atoms with Crippen LogP contribution in [0.3, 0.4) is 0 Å². The van der Waals surface area contributed by atoms with Crippen molar-refractivity contribution in [2.45, 2.75) is 54.8 Å². The summed E-state index contributed by atoms with van der Waals surface area (Å²) in [7, 11) is 0. The maximum Gasteiger partial charge on any atom is 0.191 e. The van der Waals surface area contributed by atoms with E-state index in [4.69, 9.17) is 4.99 Å². The maximum atomic E-state index is 9.59. The van der Waals surface area contributed by atoms with E-state index in [1.165, 1.54) is 17.7 Å². The Kier molecular flexibility index (Phi) is 10.4. The molecule has 28 heavy (non-hydrogen) atoms. The summed E-state index contributed by atoms with van der Waals surface area (Å²) in [6.45, 7) is 7.93. The minimum atomic E-state index is -0.0876. The van der Waals surface area contributed by atoms with Gasteiger partial charge >= 0.3 is 0 Å². The third-order valence-corrected chi connectivity index (χ3v) is 6.73. The molecule has 0 radical (unpaired) electrons. The van der Waals surface area contributed by atoms with Crippen LogP contribution >= 0.6 is 35.7 Å². The second-order valence-corrected chi connectivity index (χ2v) is 9.19. The molecule has 2 aliphatic rings. The molecule has 0 atom stereocenters. The van der Waals surface area contributed by atoms with Crippen LogP contribution in [0.4, 0.5) is 0 Å². The van der Waals surface area contributed by atoms with Gasteiger partial charge in [0.05, 0.1) is 12.6 Å². The van der Waals surface area contributed by atoms with Crippen LogP contribution in [0.2, 0.25) is 0 Å². The number of rotatable bonds is 9. The molecular formula is C21H35IN4OS. The Labute approximate surface area is 191 Å². The normalized spacial score (nSPS) is 19.7. The van der Waals surface area contributed by atoms with E-state index in [1.54, 1.807) is 0 Å². The molecule has 0 aromatic heterocycles. The molecule has 0 spiro atoms. The maximum absolute atomic E-state index is 9.59. The number of nitrogens with zero attached hydrogens (tertiary/aromatic N) is 2. The molecule has 1 aromatic rings. The molecule has 158 valence electrons. The van der Waals surface area contributed by atoms with Crippen molar-refractivity contribution < 1.29 is 5.11 Å². The van der Waals surface area contributed by atoms with Crippen LogP contribution in [-0.4, -0.2) is 66.1 Å². The lowest BCUT2D eigenvalue weighted by Crippen LogP contribution is -2.40. The largest absolute Gasteiger partial charge is 0.393 e. The highest BCUT2D eigenvalue weighted by atomic mass is 127. The second-order valence-electron chi connectivity index (χ2n) is 7.65. The predicted octanol–water partition coefficient (Wildman–Crippen LogP) is 3.33. The molecule has 1 aliphatic carbocycles. The minimum absolute atomic E-state index is 0. The number of hydrogen-bond acceptors (Lipinski definition) is 4. The van der Waals surface area contributed by atoms with Gasteiger partial charge in [-0.05, 0) is 57.7 Å². The SMILES string of the molecule is CCNC(=NCC1(Sc2ccccc2)CC1)NCCCN1CCC(O)CC1.I. The minimum Gasteiger partial charge on any atom is -0.393 e. The molecule has 0 amide bonds. The Morgan fingerprint density at radius 1 is 1.21 bits per heavy atom. The summed E-state index contributed by atoms with van der Waals surface area (Å²) in [4.78, 5) is 8.66. The fourth-order valence-electron chi connectivity index (χ4n) is 3.39. The number of guanidine groups is 1. The van der Waals surface area contributed by atoms with Crippen LogP contribution in [0, 0.1) is 0 Å². The monoisotopic (exact) mass is 518 g/mol. The van der Waals surface area contributed by atoms with Gasteiger partial charge in [-0.15, -0.1) is 35.7 Å². The number of aliphatic hydroxyl groups is 1. The summed E-state index contributed by atoms with van der Waals surface area (Å²) in [6.07, 6.45) is 5.34. The quantitative estimate of drug-likeness (QED) is 0.203. The first-order valence-electron chi connectivity index (χ1n) is 10.4. The first-order valence-corrected chi connectivity index (χ1v) is 11.2. The Morgan fingerprint density at radius 2 is 1.93 bits per heavy atom. The number of aliphatic hydroxyl groups excluding tert-OH is 1. The van der Waals surface area contributed by atoms with E-state index in [0.717, 1.165) is 64.5 Å². The highest BCUT2D eigenvalue weighted by Gasteiger charge is 2.43. The summed E-state index contributed by atoms with van der Waals surface area (Å²) >= 11 is 1.97. The van der Waals surface area contributed by atoms with Crippen molar-refractivity contribution >= 4 is 41.7 Å². The number of aliphatic imine (C=N–C) groups is 1. The molecule has 5 nitrogen and oxygen atoms in total. The molecule has 1 aromatic carbocycles. The van der Waals surface area contributed by atoms with E-state index in [1.807, 2.05) is 11.8 Å². The molecule has 2 fully saturated rings. The lowest BCUT2D eigenvalue weighted by molar-refractivity contribution is 0.0823. The average Bonchev–Trinajstić information content (AvgIpc) is 3.45. The van der Waals surface area contributed by atoms with Gasteiger partial charge in [0.2, 0.25) is 0 Å². The number of nitrogens with one attached hydrogen (secondary N) is 2. The molecule has 1 saturated carbocycles. The third-order valence-electron chi connectivity index (χ3n) is 5.26. The summed E-state index contributed by atoms with van der Waals surface area (Å²) in [5, 5.41) is 16.4. The van der Waals surface area contributed by atoms with Crippen LogP contribution in [0.15, 0.2) is 40.2 Å². The summed E-state index contributed by atoms with van der Waals surface area (Å²) < 4.78 is 0.290. The summed E-state index contributed by atoms with van der Waals surface area (Å²) in [5.41, 5.74) is 0. The number of benzene rings is 1. The molecule has 1 aliphatic heterocycles. The van der Waals surface area contributed by atoms with Crippen molar-refractivity contribution in [3.05, 3.63) is 30.3 Å². The molecule has 1 saturated heterocycles. The fraction of sp³-hybridized carbons (Fsp3) is 0.667. The zero-order valence-electron chi connectivity index (χ0n) is 16.9. The Hall–Kier alpha value is -0.510. The van der Waals surface area contributed by atoms with Gasteiger partial charge in [0.1, 0.15) is 0 Å². The molecule has 7 heteroatoms. The van der Waals surface area contributed by atoms with E-state index in [2.05, 4.69) is 52.8 Å². The number of hydrogen-bond donors (Lipinski definition) is 3. The second kappa shape index (κ2) is 12.2. The van der Waals surface area contributed by atoms with Gasteiger partial charge < -0.3 is 20.6 Å². The van der Waals surface area contributed by atoms with E-state index in [-0.39, 0.29) is 30.1 Å².